The summed E-state index contributed by atoms with van der Waals surface area (Å²) in [7, 11) is 0. The van der Waals surface area contributed by atoms with Crippen LogP contribution < -0.4 is 5.32 Å². The van der Waals surface area contributed by atoms with Crippen LogP contribution in [-0.2, 0) is 13.1 Å². The molecule has 1 N–H and O–H groups in total. The number of aromatic nitrogens is 3. The fourth-order valence-electron chi connectivity index (χ4n) is 1.50. The molecule has 0 atom stereocenters. The van der Waals surface area contributed by atoms with Crippen molar-refractivity contribution in [3.05, 3.63) is 34.5 Å². The largest absolute Gasteiger partial charge is 0.312 e. The van der Waals surface area contributed by atoms with Crippen LogP contribution in [0.5, 0.6) is 0 Å². The maximum atomic E-state index is 4.24. The molecule has 0 aliphatic heterocycles. The van der Waals surface area contributed by atoms with Crippen molar-refractivity contribution in [2.45, 2.75) is 26.4 Å². The second kappa shape index (κ2) is 5.77. The van der Waals surface area contributed by atoms with Crippen LogP contribution in [0.25, 0.3) is 0 Å². The van der Waals surface area contributed by atoms with Crippen LogP contribution in [0, 0.1) is 6.92 Å². The first-order chi connectivity index (χ1) is 7.84. The van der Waals surface area contributed by atoms with E-state index in [1.807, 2.05) is 22.6 Å². The Labute approximate surface area is 99.3 Å². The summed E-state index contributed by atoms with van der Waals surface area (Å²) in [6.07, 6.45) is 6.97. The molecule has 2 aromatic heterocycles. The molecular formula is C11H16N4S. The van der Waals surface area contributed by atoms with E-state index in [2.05, 4.69) is 28.5 Å². The second-order valence-electron chi connectivity index (χ2n) is 3.78. The predicted octanol–water partition coefficient (Wildman–Crippen LogP) is 1.83. The van der Waals surface area contributed by atoms with Gasteiger partial charge in [-0.2, -0.15) is 5.10 Å². The third-order valence-electron chi connectivity index (χ3n) is 2.29. The van der Waals surface area contributed by atoms with Gasteiger partial charge >= 0.3 is 0 Å². The van der Waals surface area contributed by atoms with Crippen LogP contribution in [0.3, 0.4) is 0 Å². The third-order valence-corrected chi connectivity index (χ3v) is 3.07. The van der Waals surface area contributed by atoms with E-state index in [0.717, 1.165) is 26.1 Å². The molecule has 0 radical (unpaired) electrons. The molecule has 86 valence electrons. The minimum absolute atomic E-state index is 0.919. The maximum absolute atomic E-state index is 4.24. The van der Waals surface area contributed by atoms with Gasteiger partial charge in [-0.15, -0.1) is 11.3 Å². The van der Waals surface area contributed by atoms with Crippen molar-refractivity contribution in [3.8, 4) is 0 Å². The standard InChI is InChI=1S/C11H16N4S/c1-10-5-14-15(8-10)4-2-3-12-6-11-7-13-9-16-11/h5,7-9,12H,2-4,6H2,1H3. The van der Waals surface area contributed by atoms with Crippen molar-refractivity contribution in [2.75, 3.05) is 6.54 Å². The molecule has 0 aliphatic carbocycles. The molecule has 0 saturated heterocycles. The van der Waals surface area contributed by atoms with Gasteiger partial charge in [-0.1, -0.05) is 0 Å². The first kappa shape index (κ1) is 11.3. The number of thiazole rings is 1. The van der Waals surface area contributed by atoms with Gasteiger partial charge in [0.25, 0.3) is 0 Å². The van der Waals surface area contributed by atoms with Crippen LogP contribution in [0.15, 0.2) is 24.1 Å². The molecule has 0 amide bonds. The van der Waals surface area contributed by atoms with Gasteiger partial charge in [-0.3, -0.25) is 9.67 Å². The van der Waals surface area contributed by atoms with Gasteiger partial charge in [-0.05, 0) is 25.5 Å². The summed E-state index contributed by atoms with van der Waals surface area (Å²) in [5.41, 5.74) is 3.08. The average molecular weight is 236 g/mol. The molecular weight excluding hydrogens is 220 g/mol. The molecule has 0 aromatic carbocycles. The summed E-state index contributed by atoms with van der Waals surface area (Å²) in [5.74, 6) is 0. The fraction of sp³-hybridized carbons (Fsp3) is 0.455. The molecule has 2 aromatic rings. The van der Waals surface area contributed by atoms with Crippen molar-refractivity contribution in [2.24, 2.45) is 0 Å². The molecule has 4 nitrogen and oxygen atoms in total. The summed E-state index contributed by atoms with van der Waals surface area (Å²) in [4.78, 5) is 5.32. The summed E-state index contributed by atoms with van der Waals surface area (Å²) >= 11 is 1.69. The van der Waals surface area contributed by atoms with Gasteiger partial charge in [0.05, 0.1) is 11.7 Å². The minimum atomic E-state index is 0.919. The van der Waals surface area contributed by atoms with Crippen molar-refractivity contribution in [1.82, 2.24) is 20.1 Å². The zero-order valence-corrected chi connectivity index (χ0v) is 10.2. The van der Waals surface area contributed by atoms with E-state index in [0.29, 0.717) is 0 Å². The van der Waals surface area contributed by atoms with Gasteiger partial charge < -0.3 is 5.32 Å². The summed E-state index contributed by atoms with van der Waals surface area (Å²) in [5, 5.41) is 7.64. The normalized spacial score (nSPS) is 10.8. The van der Waals surface area contributed by atoms with Crippen LogP contribution in [0.4, 0.5) is 0 Å². The monoisotopic (exact) mass is 236 g/mol. The Bertz CT molecular complexity index is 407. The Morgan fingerprint density at radius 3 is 3.06 bits per heavy atom. The van der Waals surface area contributed by atoms with E-state index >= 15 is 0 Å². The van der Waals surface area contributed by atoms with Crippen LogP contribution in [0.1, 0.15) is 16.9 Å². The number of aryl methyl sites for hydroxylation is 2. The van der Waals surface area contributed by atoms with E-state index in [4.69, 9.17) is 0 Å². The fourth-order valence-corrected chi connectivity index (χ4v) is 2.06. The van der Waals surface area contributed by atoms with Crippen molar-refractivity contribution in [1.29, 1.82) is 0 Å². The molecule has 0 spiro atoms. The first-order valence-electron chi connectivity index (χ1n) is 5.42. The van der Waals surface area contributed by atoms with Crippen LogP contribution in [0.2, 0.25) is 0 Å². The topological polar surface area (TPSA) is 42.7 Å². The number of hydrogen-bond acceptors (Lipinski definition) is 4. The molecule has 16 heavy (non-hydrogen) atoms. The lowest BCUT2D eigenvalue weighted by Crippen LogP contribution is -2.16. The van der Waals surface area contributed by atoms with E-state index in [-0.39, 0.29) is 0 Å². The highest BCUT2D eigenvalue weighted by molar-refractivity contribution is 7.09. The Morgan fingerprint density at radius 2 is 2.38 bits per heavy atom. The number of nitrogens with one attached hydrogen (secondary N) is 1. The van der Waals surface area contributed by atoms with E-state index in [9.17, 15) is 0 Å². The van der Waals surface area contributed by atoms with Crippen LogP contribution in [-0.4, -0.2) is 21.3 Å². The number of rotatable bonds is 6. The Kier molecular flexibility index (Phi) is 4.07. The summed E-state index contributed by atoms with van der Waals surface area (Å²) < 4.78 is 1.99. The van der Waals surface area contributed by atoms with Gasteiger partial charge in [0.15, 0.2) is 0 Å². The molecule has 0 aliphatic rings. The number of nitrogens with zero attached hydrogens (tertiary/aromatic N) is 3. The molecule has 5 heteroatoms. The highest BCUT2D eigenvalue weighted by atomic mass is 32.1. The highest BCUT2D eigenvalue weighted by Gasteiger charge is 1.95. The molecule has 0 unspecified atom stereocenters. The summed E-state index contributed by atoms with van der Waals surface area (Å²) in [6, 6.07) is 0. The lowest BCUT2D eigenvalue weighted by atomic mass is 10.4. The van der Waals surface area contributed by atoms with Crippen molar-refractivity contribution in [3.63, 3.8) is 0 Å². The molecule has 0 saturated carbocycles. The third kappa shape index (κ3) is 3.43. The molecule has 0 fully saturated rings. The Balaban J connectivity index is 1.59. The smallest absolute Gasteiger partial charge is 0.0794 e. The highest BCUT2D eigenvalue weighted by Crippen LogP contribution is 2.04. The van der Waals surface area contributed by atoms with Crippen molar-refractivity contribution < 1.29 is 0 Å². The molecule has 2 rings (SSSR count). The zero-order valence-electron chi connectivity index (χ0n) is 9.39. The lowest BCUT2D eigenvalue weighted by molar-refractivity contribution is 0.544. The zero-order chi connectivity index (χ0) is 11.2. The lowest BCUT2D eigenvalue weighted by Gasteiger charge is -2.03. The van der Waals surface area contributed by atoms with Gasteiger partial charge in [0, 0.05) is 30.4 Å². The molecule has 2 heterocycles. The quantitative estimate of drug-likeness (QED) is 0.778. The summed E-state index contributed by atoms with van der Waals surface area (Å²) in [6.45, 7) is 4.97. The van der Waals surface area contributed by atoms with Crippen LogP contribution >= 0.6 is 11.3 Å². The SMILES string of the molecule is Cc1cnn(CCCNCc2cncs2)c1. The number of hydrogen-bond donors (Lipinski definition) is 1. The average Bonchev–Trinajstić information content (AvgIpc) is 2.89. The Hall–Kier alpha value is -1.20. The predicted molar refractivity (Wildman–Crippen MR) is 65.4 cm³/mol. The molecule has 0 bridgehead atoms. The first-order valence-corrected chi connectivity index (χ1v) is 6.30. The second-order valence-corrected chi connectivity index (χ2v) is 4.75. The maximum Gasteiger partial charge on any atom is 0.0794 e. The van der Waals surface area contributed by atoms with E-state index in [1.54, 1.807) is 11.3 Å². The van der Waals surface area contributed by atoms with Gasteiger partial charge in [0.2, 0.25) is 0 Å². The minimum Gasteiger partial charge on any atom is -0.312 e. The van der Waals surface area contributed by atoms with Crippen molar-refractivity contribution >= 4 is 11.3 Å². The van der Waals surface area contributed by atoms with Gasteiger partial charge in [0.1, 0.15) is 0 Å². The van der Waals surface area contributed by atoms with Gasteiger partial charge in [-0.25, -0.2) is 0 Å². The van der Waals surface area contributed by atoms with E-state index < -0.39 is 0 Å². The Morgan fingerprint density at radius 1 is 1.44 bits per heavy atom. The van der Waals surface area contributed by atoms with E-state index in [1.165, 1.54) is 10.4 Å².